The molecule has 0 saturated carbocycles. The van der Waals surface area contributed by atoms with Crippen molar-refractivity contribution >= 4 is 40.9 Å². The second kappa shape index (κ2) is 7.95. The Morgan fingerprint density at radius 1 is 1.08 bits per heavy atom. The van der Waals surface area contributed by atoms with E-state index < -0.39 is 5.91 Å². The molecule has 0 unspecified atom stereocenters. The normalized spacial score (nSPS) is 10.6. The fraction of sp³-hybridized carbons (Fsp3) is 0.0556. The number of halogens is 1. The van der Waals surface area contributed by atoms with Crippen molar-refractivity contribution in [1.29, 1.82) is 5.26 Å². The van der Waals surface area contributed by atoms with Crippen LogP contribution < -0.4 is 10.6 Å². The number of benzene rings is 2. The van der Waals surface area contributed by atoms with Gasteiger partial charge in [0.1, 0.15) is 11.6 Å². The van der Waals surface area contributed by atoms with Crippen LogP contribution in [0.25, 0.3) is 6.08 Å². The highest BCUT2D eigenvalue weighted by molar-refractivity contribution is 6.34. The van der Waals surface area contributed by atoms with E-state index in [2.05, 4.69) is 10.6 Å². The molecule has 5 nitrogen and oxygen atoms in total. The van der Waals surface area contributed by atoms with Gasteiger partial charge in [-0.1, -0.05) is 35.9 Å². The Morgan fingerprint density at radius 3 is 2.33 bits per heavy atom. The Balaban J connectivity index is 2.16. The maximum Gasteiger partial charge on any atom is 0.266 e. The van der Waals surface area contributed by atoms with E-state index in [1.54, 1.807) is 48.5 Å². The van der Waals surface area contributed by atoms with Gasteiger partial charge in [-0.3, -0.25) is 9.59 Å². The quantitative estimate of drug-likeness (QED) is 0.655. The first kappa shape index (κ1) is 17.3. The molecule has 0 bridgehead atoms. The van der Waals surface area contributed by atoms with Crippen LogP contribution in [0.15, 0.2) is 54.1 Å². The first-order chi connectivity index (χ1) is 11.5. The van der Waals surface area contributed by atoms with Crippen molar-refractivity contribution in [3.05, 3.63) is 64.7 Å². The summed E-state index contributed by atoms with van der Waals surface area (Å²) >= 11 is 5.98. The van der Waals surface area contributed by atoms with Crippen molar-refractivity contribution in [3.8, 4) is 6.07 Å². The largest absolute Gasteiger partial charge is 0.326 e. The third-order valence-electron chi connectivity index (χ3n) is 3.03. The lowest BCUT2D eigenvalue weighted by molar-refractivity contribution is -0.114. The molecule has 0 heterocycles. The predicted octanol–water partition coefficient (Wildman–Crippen LogP) is 3.84. The molecule has 2 amide bonds. The molecule has 0 radical (unpaired) electrons. The van der Waals surface area contributed by atoms with Gasteiger partial charge in [0.05, 0.1) is 10.7 Å². The Morgan fingerprint density at radius 2 is 1.75 bits per heavy atom. The molecule has 24 heavy (non-hydrogen) atoms. The number of nitrogens with one attached hydrogen (secondary N) is 2. The van der Waals surface area contributed by atoms with Crippen LogP contribution in [0.4, 0.5) is 11.4 Å². The monoisotopic (exact) mass is 339 g/mol. The topological polar surface area (TPSA) is 82.0 Å². The minimum Gasteiger partial charge on any atom is -0.326 e. The summed E-state index contributed by atoms with van der Waals surface area (Å²) < 4.78 is 0. The molecule has 2 rings (SSSR count). The number of nitriles is 1. The number of nitrogens with zero attached hydrogens (tertiary/aromatic N) is 1. The van der Waals surface area contributed by atoms with E-state index >= 15 is 0 Å². The number of hydrogen-bond acceptors (Lipinski definition) is 3. The number of hydrogen-bond donors (Lipinski definition) is 2. The van der Waals surface area contributed by atoms with Gasteiger partial charge < -0.3 is 10.6 Å². The molecule has 120 valence electrons. The van der Waals surface area contributed by atoms with Gasteiger partial charge in [-0.2, -0.15) is 5.26 Å². The highest BCUT2D eigenvalue weighted by Crippen LogP contribution is 2.21. The average molecular weight is 340 g/mol. The van der Waals surface area contributed by atoms with Crippen molar-refractivity contribution in [2.24, 2.45) is 0 Å². The van der Waals surface area contributed by atoms with Crippen molar-refractivity contribution in [2.45, 2.75) is 6.92 Å². The summed E-state index contributed by atoms with van der Waals surface area (Å²) in [6.07, 6.45) is 1.46. The highest BCUT2D eigenvalue weighted by Gasteiger charge is 2.11. The van der Waals surface area contributed by atoms with Gasteiger partial charge >= 0.3 is 0 Å². The summed E-state index contributed by atoms with van der Waals surface area (Å²) in [5, 5.41) is 14.8. The van der Waals surface area contributed by atoms with Crippen LogP contribution in [0.5, 0.6) is 0 Å². The number of carbonyl (C=O) groups is 2. The zero-order valence-corrected chi connectivity index (χ0v) is 13.6. The van der Waals surface area contributed by atoms with Gasteiger partial charge in [-0.05, 0) is 35.9 Å². The van der Waals surface area contributed by atoms with Crippen molar-refractivity contribution < 1.29 is 9.59 Å². The predicted molar refractivity (Wildman–Crippen MR) is 94.4 cm³/mol. The molecule has 0 fully saturated rings. The van der Waals surface area contributed by atoms with Crippen LogP contribution in [-0.4, -0.2) is 11.8 Å². The van der Waals surface area contributed by atoms with Crippen LogP contribution in [0, 0.1) is 11.3 Å². The number of rotatable bonds is 4. The van der Waals surface area contributed by atoms with Crippen LogP contribution in [0.3, 0.4) is 0 Å². The maximum atomic E-state index is 12.2. The first-order valence-corrected chi connectivity index (χ1v) is 7.42. The Hall–Kier alpha value is -3.10. The molecular formula is C18H14ClN3O2. The molecule has 0 spiro atoms. The van der Waals surface area contributed by atoms with Crippen LogP contribution in [-0.2, 0) is 9.59 Å². The molecule has 0 atom stereocenters. The first-order valence-electron chi connectivity index (χ1n) is 7.05. The van der Waals surface area contributed by atoms with E-state index in [4.69, 9.17) is 11.6 Å². The van der Waals surface area contributed by atoms with Crippen molar-refractivity contribution in [1.82, 2.24) is 0 Å². The van der Waals surface area contributed by atoms with Gasteiger partial charge in [-0.15, -0.1) is 0 Å². The molecule has 0 aromatic heterocycles. The molecule has 2 aromatic carbocycles. The summed E-state index contributed by atoms with van der Waals surface area (Å²) in [6, 6.07) is 15.4. The second-order valence-corrected chi connectivity index (χ2v) is 5.31. The smallest absolute Gasteiger partial charge is 0.266 e. The minimum absolute atomic E-state index is 0.0535. The zero-order valence-electron chi connectivity index (χ0n) is 12.8. The molecular weight excluding hydrogens is 326 g/mol. The van der Waals surface area contributed by atoms with Crippen molar-refractivity contribution in [2.75, 3.05) is 10.6 Å². The van der Waals surface area contributed by atoms with Gasteiger partial charge in [0.2, 0.25) is 5.91 Å². The SMILES string of the molecule is CC(=O)Nc1ccc(/C=C(/C#N)C(=O)Nc2ccccc2Cl)cc1. The molecule has 0 aliphatic rings. The van der Waals surface area contributed by atoms with Gasteiger partial charge in [0.25, 0.3) is 5.91 Å². The molecule has 0 aliphatic heterocycles. The van der Waals surface area contributed by atoms with Crippen LogP contribution >= 0.6 is 11.6 Å². The molecule has 2 N–H and O–H groups in total. The third-order valence-corrected chi connectivity index (χ3v) is 3.36. The average Bonchev–Trinajstić information content (AvgIpc) is 2.55. The Labute approximate surface area is 144 Å². The Kier molecular flexibility index (Phi) is 5.72. The van der Waals surface area contributed by atoms with E-state index in [1.165, 1.54) is 13.0 Å². The lowest BCUT2D eigenvalue weighted by atomic mass is 10.1. The van der Waals surface area contributed by atoms with Gasteiger partial charge in [0, 0.05) is 12.6 Å². The Bertz CT molecular complexity index is 836. The van der Waals surface area contributed by atoms with Gasteiger partial charge in [-0.25, -0.2) is 0 Å². The summed E-state index contributed by atoms with van der Waals surface area (Å²) in [5.41, 5.74) is 1.68. The van der Waals surface area contributed by atoms with E-state index in [-0.39, 0.29) is 11.5 Å². The summed E-state index contributed by atoms with van der Waals surface area (Å²) in [4.78, 5) is 23.2. The summed E-state index contributed by atoms with van der Waals surface area (Å²) in [5.74, 6) is -0.716. The maximum absolute atomic E-state index is 12.2. The number of anilines is 2. The van der Waals surface area contributed by atoms with E-state index in [1.807, 2.05) is 6.07 Å². The second-order valence-electron chi connectivity index (χ2n) is 4.91. The number of para-hydroxylation sites is 1. The number of amides is 2. The fourth-order valence-electron chi connectivity index (χ4n) is 1.93. The zero-order chi connectivity index (χ0) is 17.5. The fourth-order valence-corrected chi connectivity index (χ4v) is 2.12. The molecule has 6 heteroatoms. The van der Waals surface area contributed by atoms with Crippen molar-refractivity contribution in [3.63, 3.8) is 0 Å². The van der Waals surface area contributed by atoms with E-state index in [0.29, 0.717) is 22.0 Å². The van der Waals surface area contributed by atoms with E-state index in [9.17, 15) is 14.9 Å². The molecule has 0 saturated heterocycles. The third kappa shape index (κ3) is 4.70. The lowest BCUT2D eigenvalue weighted by Crippen LogP contribution is -2.13. The van der Waals surface area contributed by atoms with E-state index in [0.717, 1.165) is 0 Å². The molecule has 2 aromatic rings. The summed E-state index contributed by atoms with van der Waals surface area (Å²) in [6.45, 7) is 1.42. The standard InChI is InChI=1S/C18H14ClN3O2/c1-12(23)21-15-8-6-13(7-9-15)10-14(11-20)18(24)22-17-5-3-2-4-16(17)19/h2-10H,1H3,(H,21,23)(H,22,24)/b14-10-. The summed E-state index contributed by atoms with van der Waals surface area (Å²) in [7, 11) is 0. The lowest BCUT2D eigenvalue weighted by Gasteiger charge is -2.06. The minimum atomic E-state index is -0.545. The van der Waals surface area contributed by atoms with Crippen LogP contribution in [0.1, 0.15) is 12.5 Å². The molecule has 0 aliphatic carbocycles. The highest BCUT2D eigenvalue weighted by atomic mass is 35.5. The number of carbonyl (C=O) groups excluding carboxylic acids is 2. The van der Waals surface area contributed by atoms with Gasteiger partial charge in [0.15, 0.2) is 0 Å². The van der Waals surface area contributed by atoms with Crippen LogP contribution in [0.2, 0.25) is 5.02 Å².